The number of aromatic nitrogens is 1. The normalized spacial score (nSPS) is 37.7. The zero-order chi connectivity index (χ0) is 14.8. The van der Waals surface area contributed by atoms with E-state index < -0.39 is 0 Å². The van der Waals surface area contributed by atoms with Crippen LogP contribution < -0.4 is 0 Å². The summed E-state index contributed by atoms with van der Waals surface area (Å²) >= 11 is 0. The maximum atomic E-state index is 9.99. The van der Waals surface area contributed by atoms with Crippen LogP contribution in [0.1, 0.15) is 30.6 Å². The second-order valence-electron chi connectivity index (χ2n) is 7.07. The first-order valence-corrected chi connectivity index (χ1v) is 8.43. The molecule has 4 bridgehead atoms. The molecule has 114 valence electrons. The summed E-state index contributed by atoms with van der Waals surface area (Å²) in [6.45, 7) is 3.55. The van der Waals surface area contributed by atoms with Gasteiger partial charge in [0.25, 0.3) is 0 Å². The van der Waals surface area contributed by atoms with Crippen LogP contribution in [-0.2, 0) is 6.42 Å². The second kappa shape index (κ2) is 4.46. The van der Waals surface area contributed by atoms with Gasteiger partial charge < -0.3 is 10.1 Å². The van der Waals surface area contributed by atoms with E-state index in [1.807, 2.05) is 0 Å². The quantitative estimate of drug-likeness (QED) is 0.794. The number of rotatable bonds is 1. The largest absolute Gasteiger partial charge is 0.396 e. The van der Waals surface area contributed by atoms with Crippen LogP contribution in [0.5, 0.6) is 0 Å². The average molecular weight is 294 g/mol. The first-order chi connectivity index (χ1) is 10.8. The minimum atomic E-state index is 0.313. The van der Waals surface area contributed by atoms with Crippen LogP contribution in [0, 0.1) is 11.8 Å². The van der Waals surface area contributed by atoms with Crippen LogP contribution in [0.25, 0.3) is 10.9 Å². The number of nitrogens with zero attached hydrogens (tertiary/aromatic N) is 1. The van der Waals surface area contributed by atoms with Crippen LogP contribution in [0.2, 0.25) is 0 Å². The van der Waals surface area contributed by atoms with Gasteiger partial charge in [-0.05, 0) is 37.3 Å². The fourth-order valence-electron chi connectivity index (χ4n) is 5.32. The van der Waals surface area contributed by atoms with Crippen LogP contribution in [0.15, 0.2) is 35.9 Å². The third-order valence-electron chi connectivity index (χ3n) is 6.33. The Morgan fingerprint density at radius 3 is 3.05 bits per heavy atom. The third kappa shape index (κ3) is 1.48. The van der Waals surface area contributed by atoms with Gasteiger partial charge in [-0.25, -0.2) is 0 Å². The molecule has 0 saturated carbocycles. The highest BCUT2D eigenvalue weighted by Crippen LogP contribution is 2.53. The number of nitrogens with one attached hydrogen (secondary N) is 1. The van der Waals surface area contributed by atoms with Gasteiger partial charge in [0, 0.05) is 41.7 Å². The zero-order valence-electron chi connectivity index (χ0n) is 12.9. The first kappa shape index (κ1) is 12.9. The van der Waals surface area contributed by atoms with Gasteiger partial charge in [-0.1, -0.05) is 29.8 Å². The Morgan fingerprint density at radius 2 is 2.23 bits per heavy atom. The number of aliphatic hydroxyl groups is 1. The van der Waals surface area contributed by atoms with Crippen LogP contribution >= 0.6 is 0 Å². The summed E-state index contributed by atoms with van der Waals surface area (Å²) in [5.41, 5.74) is 5.74. The van der Waals surface area contributed by atoms with E-state index in [0.717, 1.165) is 19.4 Å². The maximum absolute atomic E-state index is 9.99. The van der Waals surface area contributed by atoms with Crippen molar-refractivity contribution in [3.05, 3.63) is 47.2 Å². The van der Waals surface area contributed by atoms with Crippen LogP contribution in [0.4, 0.5) is 0 Å². The maximum Gasteiger partial charge on any atom is 0.0514 e. The predicted octanol–water partition coefficient (Wildman–Crippen LogP) is 3.02. The predicted molar refractivity (Wildman–Crippen MR) is 87.7 cm³/mol. The van der Waals surface area contributed by atoms with E-state index in [1.165, 1.54) is 27.7 Å². The molecule has 2 aromatic rings. The smallest absolute Gasteiger partial charge is 0.0514 e. The van der Waals surface area contributed by atoms with Gasteiger partial charge in [-0.2, -0.15) is 0 Å². The molecule has 5 atom stereocenters. The first-order valence-electron chi connectivity index (χ1n) is 8.43. The van der Waals surface area contributed by atoms with Crippen LogP contribution in [-0.4, -0.2) is 34.2 Å². The van der Waals surface area contributed by atoms with Crippen molar-refractivity contribution in [2.75, 3.05) is 13.2 Å². The molecule has 0 amide bonds. The Bertz CT molecular complexity index is 775. The lowest BCUT2D eigenvalue weighted by atomic mass is 9.64. The van der Waals surface area contributed by atoms with E-state index >= 15 is 0 Å². The van der Waals surface area contributed by atoms with Crippen molar-refractivity contribution >= 4 is 10.9 Å². The summed E-state index contributed by atoms with van der Waals surface area (Å²) < 4.78 is 0. The van der Waals surface area contributed by atoms with E-state index in [2.05, 4.69) is 47.1 Å². The fourth-order valence-corrected chi connectivity index (χ4v) is 5.32. The number of aromatic amines is 1. The highest BCUT2D eigenvalue weighted by Gasteiger charge is 2.52. The monoisotopic (exact) mass is 294 g/mol. The molecule has 0 spiro atoms. The van der Waals surface area contributed by atoms with Gasteiger partial charge >= 0.3 is 0 Å². The molecular weight excluding hydrogens is 272 g/mol. The lowest BCUT2D eigenvalue weighted by Crippen LogP contribution is -2.60. The van der Waals surface area contributed by atoms with Gasteiger partial charge in [-0.3, -0.25) is 4.90 Å². The SMILES string of the molecule is C/C=C1/CN2[C@H]3CC1[C@@H](CO)[C@@H]2Cc1c3[nH]c2ccccc12. The summed E-state index contributed by atoms with van der Waals surface area (Å²) in [6, 6.07) is 9.68. The van der Waals surface area contributed by atoms with E-state index in [9.17, 15) is 5.11 Å². The molecule has 1 aromatic heterocycles. The molecule has 3 heteroatoms. The number of para-hydroxylation sites is 1. The lowest BCUT2D eigenvalue weighted by Gasteiger charge is -2.58. The highest BCUT2D eigenvalue weighted by atomic mass is 16.3. The number of fused-ring (bicyclic) bond motifs is 4. The minimum Gasteiger partial charge on any atom is -0.396 e. The molecule has 0 aliphatic carbocycles. The van der Waals surface area contributed by atoms with Gasteiger partial charge in [-0.15, -0.1) is 0 Å². The van der Waals surface area contributed by atoms with Gasteiger partial charge in [0.15, 0.2) is 0 Å². The van der Waals surface area contributed by atoms with Crippen molar-refractivity contribution in [1.29, 1.82) is 0 Å². The number of hydrogen-bond acceptors (Lipinski definition) is 2. The van der Waals surface area contributed by atoms with Crippen molar-refractivity contribution in [1.82, 2.24) is 9.88 Å². The average Bonchev–Trinajstić information content (AvgIpc) is 2.93. The van der Waals surface area contributed by atoms with E-state index in [0.29, 0.717) is 30.5 Å². The highest BCUT2D eigenvalue weighted by molar-refractivity contribution is 5.85. The van der Waals surface area contributed by atoms with Crippen molar-refractivity contribution in [3.63, 3.8) is 0 Å². The molecule has 4 aliphatic heterocycles. The Hall–Kier alpha value is -1.58. The number of piperidine rings is 3. The summed E-state index contributed by atoms with van der Waals surface area (Å²) in [5, 5.41) is 11.4. The van der Waals surface area contributed by atoms with Gasteiger partial charge in [0.2, 0.25) is 0 Å². The Labute approximate surface area is 130 Å². The summed E-state index contributed by atoms with van der Waals surface area (Å²) in [5.74, 6) is 0.965. The molecule has 6 rings (SSSR count). The topological polar surface area (TPSA) is 39.3 Å². The van der Waals surface area contributed by atoms with Crippen molar-refractivity contribution < 1.29 is 5.11 Å². The summed E-state index contributed by atoms with van der Waals surface area (Å²) in [4.78, 5) is 6.35. The van der Waals surface area contributed by atoms with E-state index in [1.54, 1.807) is 0 Å². The summed E-state index contributed by atoms with van der Waals surface area (Å²) in [7, 11) is 0. The molecule has 5 heterocycles. The zero-order valence-corrected chi connectivity index (χ0v) is 12.9. The molecule has 4 aliphatic rings. The van der Waals surface area contributed by atoms with Crippen molar-refractivity contribution in [3.8, 4) is 0 Å². The van der Waals surface area contributed by atoms with Crippen molar-refractivity contribution in [2.45, 2.75) is 31.8 Å². The lowest BCUT2D eigenvalue weighted by molar-refractivity contribution is -0.0503. The molecular formula is C19H22N2O. The Kier molecular flexibility index (Phi) is 2.62. The molecule has 0 radical (unpaired) electrons. The number of aliphatic hydroxyl groups excluding tert-OH is 1. The molecule has 2 unspecified atom stereocenters. The number of allylic oxidation sites excluding steroid dienone is 1. The fraction of sp³-hybridized carbons (Fsp3) is 0.474. The molecule has 1 aromatic carbocycles. The molecule has 3 nitrogen and oxygen atoms in total. The standard InChI is InChI=1S/C19H22N2O/c1-2-11-9-21-17-8-14-12-5-3-4-6-16(12)20-19(14)18(21)7-13(11)15(17)10-22/h2-6,13,15,17-18,20,22H,7-10H2,1H3/b11-2-/t13?,15-,17+,18+/m1/s1. The van der Waals surface area contributed by atoms with Gasteiger partial charge in [0.05, 0.1) is 6.04 Å². The Morgan fingerprint density at radius 1 is 1.36 bits per heavy atom. The molecule has 3 fully saturated rings. The summed E-state index contributed by atoms with van der Waals surface area (Å²) in [6.07, 6.45) is 4.51. The number of benzene rings is 1. The van der Waals surface area contributed by atoms with E-state index in [4.69, 9.17) is 0 Å². The number of H-pyrrole nitrogens is 1. The molecule has 2 N–H and O–H groups in total. The molecule has 22 heavy (non-hydrogen) atoms. The minimum absolute atomic E-state index is 0.313. The van der Waals surface area contributed by atoms with Crippen molar-refractivity contribution in [2.24, 2.45) is 11.8 Å². The third-order valence-corrected chi connectivity index (χ3v) is 6.33. The van der Waals surface area contributed by atoms with Gasteiger partial charge in [0.1, 0.15) is 0 Å². The Balaban J connectivity index is 1.69. The van der Waals surface area contributed by atoms with E-state index in [-0.39, 0.29) is 0 Å². The number of hydrogen-bond donors (Lipinski definition) is 2. The molecule has 3 saturated heterocycles. The van der Waals surface area contributed by atoms with Crippen LogP contribution in [0.3, 0.4) is 0 Å². The second-order valence-corrected chi connectivity index (χ2v) is 7.07.